The molecule has 2 fully saturated rings. The molecule has 0 bridgehead atoms. The average molecular weight is 408 g/mol. The zero-order valence-electron chi connectivity index (χ0n) is 17.3. The Bertz CT molecular complexity index is 782. The molecule has 1 heterocycles. The number of urea groups is 1. The van der Waals surface area contributed by atoms with E-state index in [0.717, 1.165) is 17.7 Å². The summed E-state index contributed by atoms with van der Waals surface area (Å²) in [5.41, 5.74) is 0.162. The average Bonchev–Trinajstić information content (AvgIpc) is 2.76. The molecule has 2 unspecified atom stereocenters. The highest BCUT2D eigenvalue weighted by Gasteiger charge is 2.56. The maximum absolute atomic E-state index is 13.3. The van der Waals surface area contributed by atoms with Crippen LogP contribution in [0.1, 0.15) is 45.6 Å². The Morgan fingerprint density at radius 1 is 1.32 bits per heavy atom. The van der Waals surface area contributed by atoms with E-state index >= 15 is 0 Å². The number of imide groups is 1. The van der Waals surface area contributed by atoms with E-state index in [-0.39, 0.29) is 24.0 Å². The van der Waals surface area contributed by atoms with Crippen molar-refractivity contribution in [2.45, 2.75) is 52.1 Å². The van der Waals surface area contributed by atoms with Crippen molar-refractivity contribution in [2.24, 2.45) is 11.3 Å². The fourth-order valence-corrected chi connectivity index (χ4v) is 5.28. The molecule has 2 atom stereocenters. The van der Waals surface area contributed by atoms with Gasteiger partial charge >= 0.3 is 6.03 Å². The van der Waals surface area contributed by atoms with Crippen LogP contribution in [0.25, 0.3) is 0 Å². The smallest absolute Gasteiger partial charge is 0.326 e. The highest BCUT2D eigenvalue weighted by atomic mass is 35.5. The number of hydrogen-bond acceptors (Lipinski definition) is 4. The Hall–Kier alpha value is -1.79. The molecule has 2 aliphatic rings. The minimum Gasteiger partial charge on any atom is -0.496 e. The molecule has 0 aromatic heterocycles. The van der Waals surface area contributed by atoms with Crippen LogP contribution in [0.4, 0.5) is 4.79 Å². The van der Waals surface area contributed by atoms with Gasteiger partial charge in [-0.25, -0.2) is 9.69 Å². The van der Waals surface area contributed by atoms with Crippen molar-refractivity contribution < 1.29 is 14.3 Å². The van der Waals surface area contributed by atoms with Crippen LogP contribution in [0.3, 0.4) is 0 Å². The van der Waals surface area contributed by atoms with Crippen molar-refractivity contribution in [3.8, 4) is 5.75 Å². The molecule has 7 heteroatoms. The summed E-state index contributed by atoms with van der Waals surface area (Å²) in [4.78, 5) is 29.2. The molecule has 3 amide bonds. The van der Waals surface area contributed by atoms with Crippen molar-refractivity contribution in [2.75, 3.05) is 20.8 Å². The molecular weight excluding hydrogens is 378 g/mol. The lowest BCUT2D eigenvalue weighted by Gasteiger charge is -2.43. The molecule has 1 saturated heterocycles. The Labute approximate surface area is 172 Å². The number of methoxy groups -OCH3 is 1. The molecule has 0 radical (unpaired) electrons. The number of hydrogen-bond donors (Lipinski definition) is 1. The largest absolute Gasteiger partial charge is 0.496 e. The summed E-state index contributed by atoms with van der Waals surface area (Å²) in [5, 5.41) is 3.64. The molecule has 1 saturated carbocycles. The van der Waals surface area contributed by atoms with Crippen molar-refractivity contribution in [3.63, 3.8) is 0 Å². The van der Waals surface area contributed by atoms with E-state index in [1.807, 2.05) is 24.1 Å². The molecule has 1 N–H and O–H groups in total. The number of nitrogens with zero attached hydrogens (tertiary/aromatic N) is 2. The van der Waals surface area contributed by atoms with Crippen molar-refractivity contribution in [3.05, 3.63) is 28.8 Å². The van der Waals surface area contributed by atoms with Crippen molar-refractivity contribution >= 4 is 23.5 Å². The van der Waals surface area contributed by atoms with E-state index in [2.05, 4.69) is 26.1 Å². The van der Waals surface area contributed by atoms with Crippen molar-refractivity contribution in [1.82, 2.24) is 15.1 Å². The number of halogens is 1. The van der Waals surface area contributed by atoms with Crippen LogP contribution < -0.4 is 10.1 Å². The van der Waals surface area contributed by atoms with Gasteiger partial charge in [-0.15, -0.1) is 0 Å². The van der Waals surface area contributed by atoms with E-state index < -0.39 is 5.54 Å². The van der Waals surface area contributed by atoms with E-state index in [4.69, 9.17) is 16.3 Å². The first-order valence-electron chi connectivity index (χ1n) is 9.70. The third-order valence-electron chi connectivity index (χ3n) is 5.69. The Balaban J connectivity index is 1.73. The van der Waals surface area contributed by atoms with Gasteiger partial charge in [0, 0.05) is 17.1 Å². The van der Waals surface area contributed by atoms with Crippen molar-refractivity contribution in [1.29, 1.82) is 0 Å². The number of carbonyl (C=O) groups is 2. The first-order chi connectivity index (χ1) is 13.0. The number of nitrogens with one attached hydrogen (secondary N) is 1. The summed E-state index contributed by atoms with van der Waals surface area (Å²) >= 11 is 6.11. The molecule has 1 aromatic rings. The fourth-order valence-electron chi connectivity index (χ4n) is 5.09. The molecule has 3 rings (SSSR count). The third-order valence-corrected chi connectivity index (χ3v) is 5.92. The predicted molar refractivity (Wildman–Crippen MR) is 109 cm³/mol. The summed E-state index contributed by atoms with van der Waals surface area (Å²) in [7, 11) is 3.49. The highest BCUT2D eigenvalue weighted by Crippen LogP contribution is 2.46. The van der Waals surface area contributed by atoms with Gasteiger partial charge in [0.2, 0.25) is 0 Å². The second kappa shape index (κ2) is 7.56. The van der Waals surface area contributed by atoms with E-state index in [9.17, 15) is 9.59 Å². The van der Waals surface area contributed by atoms with Crippen LogP contribution in [0.15, 0.2) is 18.2 Å². The standard InChI is InChI=1S/C21H30ClN3O3/c1-14-9-20(2,3)12-21(10-14)18(26)25(19(27)23-21)13-24(4)11-15-8-16(22)6-7-17(15)28-5/h6-8,14H,9-13H2,1-5H3,(H,23,27). The van der Waals surface area contributed by atoms with Gasteiger partial charge in [0.05, 0.1) is 13.8 Å². The first-order valence-corrected chi connectivity index (χ1v) is 10.1. The van der Waals surface area contributed by atoms with Gasteiger partial charge in [-0.3, -0.25) is 9.69 Å². The van der Waals surface area contributed by atoms with Crippen LogP contribution >= 0.6 is 11.6 Å². The van der Waals surface area contributed by atoms with E-state index in [0.29, 0.717) is 30.3 Å². The van der Waals surface area contributed by atoms with E-state index in [1.54, 1.807) is 13.2 Å². The Kier molecular flexibility index (Phi) is 5.65. The van der Waals surface area contributed by atoms with Gasteiger partial charge in [-0.1, -0.05) is 32.4 Å². The van der Waals surface area contributed by atoms with Gasteiger partial charge in [0.1, 0.15) is 11.3 Å². The third kappa shape index (κ3) is 4.13. The Morgan fingerprint density at radius 3 is 2.68 bits per heavy atom. The van der Waals surface area contributed by atoms with Gasteiger partial charge in [-0.05, 0) is 55.8 Å². The molecule has 28 heavy (non-hydrogen) atoms. The minimum absolute atomic E-state index is 0.0245. The van der Waals surface area contributed by atoms with E-state index in [1.165, 1.54) is 4.90 Å². The molecule has 1 aromatic carbocycles. The van der Waals surface area contributed by atoms with Crippen LogP contribution in [-0.4, -0.2) is 48.1 Å². The monoisotopic (exact) mass is 407 g/mol. The van der Waals surface area contributed by atoms with Crippen LogP contribution in [0.2, 0.25) is 5.02 Å². The second-order valence-corrected chi connectivity index (χ2v) is 9.65. The first kappa shape index (κ1) is 20.9. The number of carbonyl (C=O) groups excluding carboxylic acids is 2. The number of amides is 3. The second-order valence-electron chi connectivity index (χ2n) is 9.21. The number of ether oxygens (including phenoxy) is 1. The van der Waals surface area contributed by atoms with Crippen LogP contribution in [0.5, 0.6) is 5.75 Å². The van der Waals surface area contributed by atoms with Gasteiger partial charge in [-0.2, -0.15) is 0 Å². The molecule has 154 valence electrons. The SMILES string of the molecule is COc1ccc(Cl)cc1CN(C)CN1C(=O)NC2(CC(C)CC(C)(C)C2)C1=O. The Morgan fingerprint density at radius 2 is 2.04 bits per heavy atom. The van der Waals surface area contributed by atoms with Crippen LogP contribution in [0, 0.1) is 11.3 Å². The lowest BCUT2D eigenvalue weighted by atomic mass is 9.64. The maximum Gasteiger partial charge on any atom is 0.326 e. The molecule has 1 aliphatic heterocycles. The van der Waals surface area contributed by atoms with Crippen LogP contribution in [-0.2, 0) is 11.3 Å². The topological polar surface area (TPSA) is 61.9 Å². The normalized spacial score (nSPS) is 26.8. The molecule has 1 aliphatic carbocycles. The number of benzene rings is 1. The summed E-state index contributed by atoms with van der Waals surface area (Å²) in [6, 6.07) is 5.13. The number of rotatable bonds is 5. The minimum atomic E-state index is -0.771. The van der Waals surface area contributed by atoms with Gasteiger partial charge in [0.15, 0.2) is 0 Å². The summed E-state index contributed by atoms with van der Waals surface area (Å²) < 4.78 is 5.39. The quantitative estimate of drug-likeness (QED) is 0.752. The molecule has 1 spiro atoms. The summed E-state index contributed by atoms with van der Waals surface area (Å²) in [6.45, 7) is 7.23. The highest BCUT2D eigenvalue weighted by molar-refractivity contribution is 6.30. The molecule has 6 nitrogen and oxygen atoms in total. The lowest BCUT2D eigenvalue weighted by molar-refractivity contribution is -0.136. The zero-order valence-corrected chi connectivity index (χ0v) is 18.1. The zero-order chi connectivity index (χ0) is 20.7. The predicted octanol–water partition coefficient (Wildman–Crippen LogP) is 3.87. The molecular formula is C21H30ClN3O3. The van der Waals surface area contributed by atoms with Gasteiger partial charge < -0.3 is 10.1 Å². The summed E-state index contributed by atoms with van der Waals surface area (Å²) in [5.74, 6) is 1.01. The maximum atomic E-state index is 13.3. The summed E-state index contributed by atoms with van der Waals surface area (Å²) in [6.07, 6.45) is 2.44. The fraction of sp³-hybridized carbons (Fsp3) is 0.619. The van der Waals surface area contributed by atoms with Gasteiger partial charge in [0.25, 0.3) is 5.91 Å². The lowest BCUT2D eigenvalue weighted by Crippen LogP contribution is -2.54.